The highest BCUT2D eigenvalue weighted by atomic mass is 16.6. The van der Waals surface area contributed by atoms with Crippen LogP contribution in [0.4, 0.5) is 0 Å². The second kappa shape index (κ2) is 2.73. The van der Waals surface area contributed by atoms with Crippen molar-refractivity contribution in [1.29, 1.82) is 0 Å². The summed E-state index contributed by atoms with van der Waals surface area (Å²) in [5.74, 6) is 0. The number of ether oxygens (including phenoxy) is 2. The van der Waals surface area contributed by atoms with E-state index < -0.39 is 0 Å². The standard InChI is InChI=1S/C8H15NO2/c9-7-1-3-11-8(5-7)2-4-10-6-8/h7H,1-6,9H2. The molecule has 2 saturated heterocycles. The molecule has 0 aromatic carbocycles. The van der Waals surface area contributed by atoms with Gasteiger partial charge in [0.25, 0.3) is 0 Å². The maximum atomic E-state index is 5.85. The predicted octanol–water partition coefficient (Wildman–Crippen LogP) is 0.283. The topological polar surface area (TPSA) is 44.5 Å². The second-order valence-electron chi connectivity index (χ2n) is 3.59. The lowest BCUT2D eigenvalue weighted by Gasteiger charge is -2.35. The largest absolute Gasteiger partial charge is 0.378 e. The fraction of sp³-hybridized carbons (Fsp3) is 1.00. The van der Waals surface area contributed by atoms with Crippen molar-refractivity contribution in [2.24, 2.45) is 5.73 Å². The maximum Gasteiger partial charge on any atom is 0.0951 e. The van der Waals surface area contributed by atoms with E-state index in [1.54, 1.807) is 0 Å². The van der Waals surface area contributed by atoms with Crippen LogP contribution in [0.1, 0.15) is 19.3 Å². The first-order valence-corrected chi connectivity index (χ1v) is 4.28. The molecule has 2 aliphatic heterocycles. The lowest BCUT2D eigenvalue weighted by molar-refractivity contribution is -0.0851. The summed E-state index contributed by atoms with van der Waals surface area (Å²) in [4.78, 5) is 0. The normalized spacial score (nSPS) is 45.0. The molecule has 2 N–H and O–H groups in total. The van der Waals surface area contributed by atoms with E-state index in [1.165, 1.54) is 0 Å². The van der Waals surface area contributed by atoms with Crippen LogP contribution < -0.4 is 5.73 Å². The Hall–Kier alpha value is -0.120. The van der Waals surface area contributed by atoms with E-state index in [4.69, 9.17) is 15.2 Å². The summed E-state index contributed by atoms with van der Waals surface area (Å²) in [7, 11) is 0. The van der Waals surface area contributed by atoms with E-state index in [-0.39, 0.29) is 5.60 Å². The van der Waals surface area contributed by atoms with Crippen LogP contribution in [0.15, 0.2) is 0 Å². The Labute approximate surface area is 66.8 Å². The highest BCUT2D eigenvalue weighted by Crippen LogP contribution is 2.31. The molecule has 2 atom stereocenters. The molecule has 2 aliphatic rings. The fourth-order valence-electron chi connectivity index (χ4n) is 1.93. The monoisotopic (exact) mass is 157 g/mol. The van der Waals surface area contributed by atoms with Gasteiger partial charge in [-0.05, 0) is 12.8 Å². The SMILES string of the molecule is NC1CCOC2(CCOC2)C1. The Balaban J connectivity index is 2.00. The predicted molar refractivity (Wildman–Crippen MR) is 41.3 cm³/mol. The molecule has 2 unspecified atom stereocenters. The van der Waals surface area contributed by atoms with Crippen LogP contribution in [0, 0.1) is 0 Å². The maximum absolute atomic E-state index is 5.85. The van der Waals surface area contributed by atoms with Crippen LogP contribution in [0.3, 0.4) is 0 Å². The van der Waals surface area contributed by atoms with Gasteiger partial charge >= 0.3 is 0 Å². The van der Waals surface area contributed by atoms with Gasteiger partial charge in [0, 0.05) is 25.7 Å². The third kappa shape index (κ3) is 1.41. The lowest BCUT2D eigenvalue weighted by atomic mass is 9.90. The van der Waals surface area contributed by atoms with Crippen molar-refractivity contribution in [3.63, 3.8) is 0 Å². The van der Waals surface area contributed by atoms with Crippen LogP contribution in [0.5, 0.6) is 0 Å². The summed E-state index contributed by atoms with van der Waals surface area (Å²) in [5, 5.41) is 0. The van der Waals surface area contributed by atoms with Gasteiger partial charge in [0.15, 0.2) is 0 Å². The molecule has 2 fully saturated rings. The lowest BCUT2D eigenvalue weighted by Crippen LogP contribution is -2.45. The van der Waals surface area contributed by atoms with Crippen molar-refractivity contribution in [2.45, 2.75) is 30.9 Å². The summed E-state index contributed by atoms with van der Waals surface area (Å²) in [6.45, 7) is 2.40. The van der Waals surface area contributed by atoms with E-state index >= 15 is 0 Å². The average Bonchev–Trinajstić information content (AvgIpc) is 2.37. The molecule has 3 heteroatoms. The second-order valence-corrected chi connectivity index (χ2v) is 3.59. The number of hydrogen-bond acceptors (Lipinski definition) is 3. The summed E-state index contributed by atoms with van der Waals surface area (Å²) < 4.78 is 11.0. The molecule has 0 amide bonds. The van der Waals surface area contributed by atoms with E-state index in [2.05, 4.69) is 0 Å². The molecule has 0 radical (unpaired) electrons. The molecule has 2 heterocycles. The van der Waals surface area contributed by atoms with E-state index in [0.29, 0.717) is 6.04 Å². The number of nitrogens with two attached hydrogens (primary N) is 1. The van der Waals surface area contributed by atoms with Crippen molar-refractivity contribution >= 4 is 0 Å². The van der Waals surface area contributed by atoms with Gasteiger partial charge in [0.2, 0.25) is 0 Å². The van der Waals surface area contributed by atoms with Gasteiger partial charge in [-0.1, -0.05) is 0 Å². The van der Waals surface area contributed by atoms with Gasteiger partial charge in [-0.3, -0.25) is 0 Å². The van der Waals surface area contributed by atoms with E-state index in [0.717, 1.165) is 39.1 Å². The molecular weight excluding hydrogens is 142 g/mol. The van der Waals surface area contributed by atoms with Gasteiger partial charge < -0.3 is 15.2 Å². The number of hydrogen-bond donors (Lipinski definition) is 1. The van der Waals surface area contributed by atoms with Crippen LogP contribution in [0.2, 0.25) is 0 Å². The quantitative estimate of drug-likeness (QED) is 0.549. The Morgan fingerprint density at radius 2 is 2.27 bits per heavy atom. The van der Waals surface area contributed by atoms with Gasteiger partial charge in [-0.15, -0.1) is 0 Å². The molecule has 0 aliphatic carbocycles. The fourth-order valence-corrected chi connectivity index (χ4v) is 1.93. The molecule has 3 nitrogen and oxygen atoms in total. The van der Waals surface area contributed by atoms with Crippen LogP contribution in [0.25, 0.3) is 0 Å². The van der Waals surface area contributed by atoms with Crippen molar-refractivity contribution < 1.29 is 9.47 Å². The van der Waals surface area contributed by atoms with Crippen LogP contribution in [-0.4, -0.2) is 31.5 Å². The van der Waals surface area contributed by atoms with Crippen molar-refractivity contribution in [3.8, 4) is 0 Å². The Morgan fingerprint density at radius 1 is 1.36 bits per heavy atom. The van der Waals surface area contributed by atoms with E-state index in [1.807, 2.05) is 0 Å². The Bertz CT molecular complexity index is 143. The van der Waals surface area contributed by atoms with Gasteiger partial charge in [-0.25, -0.2) is 0 Å². The van der Waals surface area contributed by atoms with Gasteiger partial charge in [0.05, 0.1) is 12.2 Å². The van der Waals surface area contributed by atoms with Crippen molar-refractivity contribution in [2.75, 3.05) is 19.8 Å². The van der Waals surface area contributed by atoms with Crippen molar-refractivity contribution in [1.82, 2.24) is 0 Å². The smallest absolute Gasteiger partial charge is 0.0951 e. The molecular formula is C8H15NO2. The third-order valence-corrected chi connectivity index (χ3v) is 2.60. The zero-order chi connectivity index (χ0) is 7.73. The first-order chi connectivity index (χ1) is 5.31. The Morgan fingerprint density at radius 3 is 2.91 bits per heavy atom. The highest BCUT2D eigenvalue weighted by Gasteiger charge is 2.39. The van der Waals surface area contributed by atoms with Gasteiger partial charge in [-0.2, -0.15) is 0 Å². The zero-order valence-electron chi connectivity index (χ0n) is 6.71. The minimum Gasteiger partial charge on any atom is -0.378 e. The molecule has 64 valence electrons. The molecule has 0 aromatic heterocycles. The van der Waals surface area contributed by atoms with Crippen molar-refractivity contribution in [3.05, 3.63) is 0 Å². The first-order valence-electron chi connectivity index (χ1n) is 4.28. The molecule has 11 heavy (non-hydrogen) atoms. The molecule has 0 bridgehead atoms. The number of rotatable bonds is 0. The van der Waals surface area contributed by atoms with Crippen LogP contribution >= 0.6 is 0 Å². The summed E-state index contributed by atoms with van der Waals surface area (Å²) in [5.41, 5.74) is 5.85. The summed E-state index contributed by atoms with van der Waals surface area (Å²) >= 11 is 0. The zero-order valence-corrected chi connectivity index (χ0v) is 6.71. The highest BCUT2D eigenvalue weighted by molar-refractivity contribution is 4.91. The molecule has 0 aromatic rings. The summed E-state index contributed by atoms with van der Waals surface area (Å²) in [6, 6.07) is 0.324. The summed E-state index contributed by atoms with van der Waals surface area (Å²) in [6.07, 6.45) is 3.01. The first kappa shape index (κ1) is 7.53. The molecule has 1 spiro atoms. The van der Waals surface area contributed by atoms with Crippen LogP contribution in [-0.2, 0) is 9.47 Å². The minimum atomic E-state index is -0.00231. The molecule has 0 saturated carbocycles. The van der Waals surface area contributed by atoms with Gasteiger partial charge in [0.1, 0.15) is 0 Å². The third-order valence-electron chi connectivity index (χ3n) is 2.60. The minimum absolute atomic E-state index is 0.00231. The van der Waals surface area contributed by atoms with E-state index in [9.17, 15) is 0 Å². The average molecular weight is 157 g/mol. The Kier molecular flexibility index (Phi) is 1.87. The molecule has 2 rings (SSSR count).